The number of rotatable bonds is 2. The molecule has 0 spiro atoms. The fourth-order valence-electron chi connectivity index (χ4n) is 2.19. The summed E-state index contributed by atoms with van der Waals surface area (Å²) in [5.74, 6) is 3.22. The number of hydrogen-bond acceptors (Lipinski definition) is 3. The molecule has 7 heteroatoms. The van der Waals surface area contributed by atoms with Crippen LogP contribution >= 0.6 is 0 Å². The van der Waals surface area contributed by atoms with Crippen molar-refractivity contribution in [3.05, 3.63) is 58.7 Å². The van der Waals surface area contributed by atoms with Gasteiger partial charge in [0.1, 0.15) is 11.3 Å². The summed E-state index contributed by atoms with van der Waals surface area (Å²) in [5.41, 5.74) is -0.883. The van der Waals surface area contributed by atoms with Crippen LogP contribution in [0, 0.1) is 11.8 Å². The van der Waals surface area contributed by atoms with E-state index in [0.717, 1.165) is 12.1 Å². The van der Waals surface area contributed by atoms with Gasteiger partial charge < -0.3 is 15.1 Å². The number of carboxylic acids is 1. The van der Waals surface area contributed by atoms with Gasteiger partial charge in [0, 0.05) is 31.3 Å². The van der Waals surface area contributed by atoms with Crippen molar-refractivity contribution in [2.75, 3.05) is 19.0 Å². The maximum Gasteiger partial charge on any atom is 0.417 e. The Morgan fingerprint density at radius 1 is 1.08 bits per heavy atom. The van der Waals surface area contributed by atoms with E-state index in [2.05, 4.69) is 11.8 Å². The van der Waals surface area contributed by atoms with Crippen LogP contribution in [0.2, 0.25) is 0 Å². The second kappa shape index (κ2) is 6.77. The number of halogens is 3. The summed E-state index contributed by atoms with van der Waals surface area (Å²) in [4.78, 5) is 12.7. The van der Waals surface area contributed by atoms with E-state index in [4.69, 9.17) is 5.11 Å². The number of aromatic carboxylic acids is 1. The number of hydrogen-bond donors (Lipinski definition) is 2. The molecule has 0 radical (unpaired) electrons. The summed E-state index contributed by atoms with van der Waals surface area (Å²) >= 11 is 0. The topological polar surface area (TPSA) is 60.8 Å². The van der Waals surface area contributed by atoms with E-state index in [9.17, 15) is 23.1 Å². The number of aromatic hydroxyl groups is 1. The second-order valence-corrected chi connectivity index (χ2v) is 5.38. The standard InChI is InChI=1S/C18H14F3NO3/c1-22(2)15-10-16(23)13(17(24)25)9-12(15)8-7-11-5-3-4-6-14(11)18(19,20)21/h3-6,9-10,23H,1-2H3,(H,24,25). The van der Waals surface area contributed by atoms with Crippen LogP contribution in [0.1, 0.15) is 27.0 Å². The molecular formula is C18H14F3NO3. The van der Waals surface area contributed by atoms with Crippen LogP contribution in [-0.2, 0) is 6.18 Å². The Balaban J connectivity index is 2.61. The molecule has 0 unspecified atom stereocenters. The van der Waals surface area contributed by atoms with E-state index in [1.807, 2.05) is 0 Å². The van der Waals surface area contributed by atoms with Crippen molar-refractivity contribution in [3.8, 4) is 17.6 Å². The van der Waals surface area contributed by atoms with Crippen molar-refractivity contribution < 1.29 is 28.2 Å². The predicted molar refractivity (Wildman–Crippen MR) is 86.8 cm³/mol. The van der Waals surface area contributed by atoms with Crippen molar-refractivity contribution in [1.29, 1.82) is 0 Å². The van der Waals surface area contributed by atoms with Crippen LogP contribution in [-0.4, -0.2) is 30.3 Å². The van der Waals surface area contributed by atoms with Crippen LogP contribution in [0.25, 0.3) is 0 Å². The molecule has 4 nitrogen and oxygen atoms in total. The minimum atomic E-state index is -4.54. The molecule has 0 atom stereocenters. The highest BCUT2D eigenvalue weighted by Crippen LogP contribution is 2.32. The Labute approximate surface area is 142 Å². The number of alkyl halides is 3. The molecule has 0 heterocycles. The zero-order valence-corrected chi connectivity index (χ0v) is 13.3. The molecule has 130 valence electrons. The van der Waals surface area contributed by atoms with Crippen LogP contribution in [0.5, 0.6) is 5.75 Å². The highest BCUT2D eigenvalue weighted by Gasteiger charge is 2.32. The normalized spacial score (nSPS) is 10.8. The average Bonchev–Trinajstić information content (AvgIpc) is 2.52. The first-order chi connectivity index (χ1) is 11.6. The molecule has 25 heavy (non-hydrogen) atoms. The summed E-state index contributed by atoms with van der Waals surface area (Å²) in [7, 11) is 3.29. The first kappa shape index (κ1) is 18.2. The number of anilines is 1. The van der Waals surface area contributed by atoms with Gasteiger partial charge in [-0.05, 0) is 18.2 Å². The van der Waals surface area contributed by atoms with Crippen LogP contribution < -0.4 is 4.90 Å². The zero-order valence-electron chi connectivity index (χ0n) is 13.3. The monoisotopic (exact) mass is 349 g/mol. The lowest BCUT2D eigenvalue weighted by molar-refractivity contribution is -0.137. The Morgan fingerprint density at radius 3 is 2.24 bits per heavy atom. The van der Waals surface area contributed by atoms with Gasteiger partial charge in [0.05, 0.1) is 11.3 Å². The quantitative estimate of drug-likeness (QED) is 0.814. The first-order valence-corrected chi connectivity index (χ1v) is 7.07. The van der Waals surface area contributed by atoms with Gasteiger partial charge in [0.2, 0.25) is 0 Å². The maximum atomic E-state index is 13.0. The molecule has 0 aliphatic carbocycles. The number of nitrogens with zero attached hydrogens (tertiary/aromatic N) is 1. The van der Waals surface area contributed by atoms with Gasteiger partial charge >= 0.3 is 12.1 Å². The molecule has 0 saturated heterocycles. The van der Waals surface area contributed by atoms with Crippen molar-refractivity contribution >= 4 is 11.7 Å². The van der Waals surface area contributed by atoms with Gasteiger partial charge in [0.25, 0.3) is 0 Å². The van der Waals surface area contributed by atoms with Gasteiger partial charge in [-0.25, -0.2) is 4.79 Å². The van der Waals surface area contributed by atoms with Gasteiger partial charge in [-0.2, -0.15) is 13.2 Å². The van der Waals surface area contributed by atoms with Gasteiger partial charge in [-0.1, -0.05) is 24.0 Å². The fourth-order valence-corrected chi connectivity index (χ4v) is 2.19. The third-order valence-corrected chi connectivity index (χ3v) is 3.39. The number of carboxylic acid groups (broad SMARTS) is 1. The Bertz CT molecular complexity index is 877. The Morgan fingerprint density at radius 2 is 1.68 bits per heavy atom. The third-order valence-electron chi connectivity index (χ3n) is 3.39. The number of phenols is 1. The molecule has 2 N–H and O–H groups in total. The average molecular weight is 349 g/mol. The van der Waals surface area contributed by atoms with Gasteiger partial charge in [-0.3, -0.25) is 0 Å². The van der Waals surface area contributed by atoms with E-state index in [1.54, 1.807) is 19.0 Å². The summed E-state index contributed by atoms with van der Waals surface area (Å²) in [6.45, 7) is 0. The van der Waals surface area contributed by atoms with Crippen molar-refractivity contribution in [2.45, 2.75) is 6.18 Å². The Hall–Kier alpha value is -3.14. The summed E-state index contributed by atoms with van der Waals surface area (Å²) in [6.07, 6.45) is -4.54. The summed E-state index contributed by atoms with van der Waals surface area (Å²) < 4.78 is 39.1. The molecule has 2 aromatic carbocycles. The highest BCUT2D eigenvalue weighted by molar-refractivity contribution is 5.92. The number of carbonyl (C=O) groups is 1. The zero-order chi connectivity index (χ0) is 18.8. The molecule has 0 saturated carbocycles. The van der Waals surface area contributed by atoms with Crippen LogP contribution in [0.15, 0.2) is 36.4 Å². The first-order valence-electron chi connectivity index (χ1n) is 7.07. The fraction of sp³-hybridized carbons (Fsp3) is 0.167. The maximum absolute atomic E-state index is 13.0. The van der Waals surface area contributed by atoms with Crippen molar-refractivity contribution in [2.24, 2.45) is 0 Å². The van der Waals surface area contributed by atoms with Gasteiger partial charge in [-0.15, -0.1) is 0 Å². The van der Waals surface area contributed by atoms with E-state index in [0.29, 0.717) is 5.69 Å². The molecule has 0 amide bonds. The molecular weight excluding hydrogens is 335 g/mol. The second-order valence-electron chi connectivity index (χ2n) is 5.38. The molecule has 0 bridgehead atoms. The van der Waals surface area contributed by atoms with E-state index in [1.165, 1.54) is 24.3 Å². The predicted octanol–water partition coefficient (Wildman–Crippen LogP) is 3.58. The van der Waals surface area contributed by atoms with E-state index in [-0.39, 0.29) is 16.7 Å². The van der Waals surface area contributed by atoms with Gasteiger partial charge in [0.15, 0.2) is 0 Å². The summed E-state index contributed by atoms with van der Waals surface area (Å²) in [5, 5.41) is 18.9. The molecule has 0 fully saturated rings. The molecule has 0 aromatic heterocycles. The van der Waals surface area contributed by atoms with Crippen molar-refractivity contribution in [1.82, 2.24) is 0 Å². The lowest BCUT2D eigenvalue weighted by atomic mass is 10.0. The molecule has 2 rings (SSSR count). The molecule has 0 aliphatic rings. The lowest BCUT2D eigenvalue weighted by Gasteiger charge is -2.16. The SMILES string of the molecule is CN(C)c1cc(O)c(C(=O)O)cc1C#Cc1ccccc1C(F)(F)F. The van der Waals surface area contributed by atoms with E-state index >= 15 is 0 Å². The van der Waals surface area contributed by atoms with E-state index < -0.39 is 23.5 Å². The summed E-state index contributed by atoms with van der Waals surface area (Å²) in [6, 6.07) is 7.22. The van der Waals surface area contributed by atoms with Crippen molar-refractivity contribution in [3.63, 3.8) is 0 Å². The molecule has 2 aromatic rings. The lowest BCUT2D eigenvalue weighted by Crippen LogP contribution is -2.11. The van der Waals surface area contributed by atoms with Crippen LogP contribution in [0.4, 0.5) is 18.9 Å². The van der Waals surface area contributed by atoms with Crippen LogP contribution in [0.3, 0.4) is 0 Å². The third kappa shape index (κ3) is 4.04. The Kier molecular flexibility index (Phi) is 4.93. The smallest absolute Gasteiger partial charge is 0.417 e. The minimum absolute atomic E-state index is 0.192. The number of benzene rings is 2. The minimum Gasteiger partial charge on any atom is -0.507 e. The highest BCUT2D eigenvalue weighted by atomic mass is 19.4. The largest absolute Gasteiger partial charge is 0.507 e. The molecule has 0 aliphatic heterocycles.